The van der Waals surface area contributed by atoms with E-state index in [9.17, 15) is 23.4 Å². The van der Waals surface area contributed by atoms with Gasteiger partial charge in [0.05, 0.1) is 42.3 Å². The molecule has 0 unspecified atom stereocenters. The average molecular weight is 578 g/mol. The highest BCUT2D eigenvalue weighted by Crippen LogP contribution is 2.33. The Morgan fingerprint density at radius 3 is 2.50 bits per heavy atom. The number of hydrogen-bond donors (Lipinski definition) is 4. The summed E-state index contributed by atoms with van der Waals surface area (Å²) in [6, 6.07) is 14.3. The molecule has 0 saturated carbocycles. The number of carbonyl (C=O) groups is 1. The van der Waals surface area contributed by atoms with Crippen LogP contribution in [0.3, 0.4) is 0 Å². The Kier molecular flexibility index (Phi) is 10.0. The maximum Gasteiger partial charge on any atom is 0.407 e. The molecule has 0 bridgehead atoms. The summed E-state index contributed by atoms with van der Waals surface area (Å²) in [7, 11) is -3.96. The zero-order valence-electron chi connectivity index (χ0n) is 22.8. The quantitative estimate of drug-likeness (QED) is 0.292. The van der Waals surface area contributed by atoms with Gasteiger partial charge in [0.2, 0.25) is 10.0 Å². The first-order valence-electron chi connectivity index (χ1n) is 13.5. The molecule has 220 valence electrons. The third-order valence-corrected chi connectivity index (χ3v) is 8.95. The third-order valence-electron chi connectivity index (χ3n) is 7.11. The van der Waals surface area contributed by atoms with Gasteiger partial charge in [-0.1, -0.05) is 44.2 Å². The van der Waals surface area contributed by atoms with E-state index in [4.69, 9.17) is 19.9 Å². The third kappa shape index (κ3) is 7.50. The molecule has 2 aliphatic rings. The molecular weight excluding hydrogens is 538 g/mol. The van der Waals surface area contributed by atoms with E-state index < -0.39 is 52.7 Å². The van der Waals surface area contributed by atoms with E-state index in [1.54, 1.807) is 0 Å². The van der Waals surface area contributed by atoms with E-state index in [1.165, 1.54) is 28.6 Å². The van der Waals surface area contributed by atoms with Crippen molar-refractivity contribution in [2.75, 3.05) is 32.0 Å². The number of nitrogens with zero attached hydrogens (tertiary/aromatic N) is 1. The molecule has 2 aromatic rings. The van der Waals surface area contributed by atoms with Crippen LogP contribution in [0.5, 0.6) is 0 Å². The number of hydrogen-bond acceptors (Lipinski definition) is 9. The van der Waals surface area contributed by atoms with Gasteiger partial charge in [0.1, 0.15) is 6.10 Å². The number of aliphatic hydroxyl groups excluding tert-OH is 2. The number of aliphatic hydroxyl groups is 2. The Morgan fingerprint density at radius 1 is 1.12 bits per heavy atom. The molecule has 12 heteroatoms. The summed E-state index contributed by atoms with van der Waals surface area (Å²) >= 11 is 0. The van der Waals surface area contributed by atoms with E-state index in [0.29, 0.717) is 18.7 Å². The van der Waals surface area contributed by atoms with Crippen LogP contribution in [0, 0.1) is 11.8 Å². The van der Waals surface area contributed by atoms with Gasteiger partial charge in [0.15, 0.2) is 6.29 Å². The fourth-order valence-corrected chi connectivity index (χ4v) is 6.71. The van der Waals surface area contributed by atoms with Crippen molar-refractivity contribution < 1.29 is 37.6 Å². The van der Waals surface area contributed by atoms with Crippen LogP contribution in [0.1, 0.15) is 25.8 Å². The smallest absolute Gasteiger partial charge is 0.407 e. The van der Waals surface area contributed by atoms with Gasteiger partial charge in [-0.25, -0.2) is 13.2 Å². The molecule has 2 aliphatic heterocycles. The van der Waals surface area contributed by atoms with E-state index in [0.717, 1.165) is 5.56 Å². The van der Waals surface area contributed by atoms with Crippen molar-refractivity contribution >= 4 is 21.8 Å². The fourth-order valence-electron chi connectivity index (χ4n) is 5.09. The Bertz CT molecular complexity index is 1210. The Labute approximate surface area is 235 Å². The second kappa shape index (κ2) is 13.3. The van der Waals surface area contributed by atoms with Crippen molar-refractivity contribution in [3.05, 3.63) is 60.2 Å². The topological polar surface area (TPSA) is 161 Å². The van der Waals surface area contributed by atoms with Crippen molar-refractivity contribution in [3.63, 3.8) is 0 Å². The average Bonchev–Trinajstić information content (AvgIpc) is 3.30. The minimum Gasteiger partial charge on any atom is -0.446 e. The lowest BCUT2D eigenvalue weighted by Gasteiger charge is -2.34. The van der Waals surface area contributed by atoms with Gasteiger partial charge < -0.3 is 35.5 Å². The van der Waals surface area contributed by atoms with Gasteiger partial charge in [-0.05, 0) is 42.2 Å². The number of ether oxygens (including phenoxy) is 3. The number of anilines is 1. The summed E-state index contributed by atoms with van der Waals surface area (Å²) in [5.41, 5.74) is 7.02. The molecule has 2 saturated heterocycles. The van der Waals surface area contributed by atoms with Gasteiger partial charge >= 0.3 is 6.09 Å². The highest BCUT2D eigenvalue weighted by atomic mass is 32.2. The molecule has 1 amide bonds. The maximum atomic E-state index is 13.5. The van der Waals surface area contributed by atoms with Gasteiger partial charge in [-0.3, -0.25) is 0 Å². The number of sulfonamides is 1. The molecule has 6 atom stereocenters. The van der Waals surface area contributed by atoms with Gasteiger partial charge in [0.25, 0.3) is 0 Å². The maximum absolute atomic E-state index is 13.5. The van der Waals surface area contributed by atoms with Crippen molar-refractivity contribution in [3.8, 4) is 0 Å². The van der Waals surface area contributed by atoms with Crippen LogP contribution in [0.15, 0.2) is 59.5 Å². The lowest BCUT2D eigenvalue weighted by Crippen LogP contribution is -2.52. The Balaban J connectivity index is 1.52. The molecule has 2 aromatic carbocycles. The van der Waals surface area contributed by atoms with Crippen molar-refractivity contribution in [2.45, 2.75) is 62.2 Å². The first-order chi connectivity index (χ1) is 19.0. The highest BCUT2D eigenvalue weighted by Gasteiger charge is 2.47. The van der Waals surface area contributed by atoms with Crippen LogP contribution < -0.4 is 11.1 Å². The van der Waals surface area contributed by atoms with E-state index in [2.05, 4.69) is 5.32 Å². The number of nitrogen functional groups attached to an aromatic ring is 1. The molecular formula is C28H39N3O8S. The summed E-state index contributed by atoms with van der Waals surface area (Å²) in [5.74, 6) is -0.536. The number of nitrogens with one attached hydrogen (secondary N) is 1. The number of nitrogens with two attached hydrogens (primary N) is 1. The lowest BCUT2D eigenvalue weighted by molar-refractivity contribution is -0.183. The van der Waals surface area contributed by atoms with Crippen LogP contribution in [-0.4, -0.2) is 86.0 Å². The lowest BCUT2D eigenvalue weighted by atomic mass is 9.93. The summed E-state index contributed by atoms with van der Waals surface area (Å²) < 4.78 is 44.9. The monoisotopic (exact) mass is 577 g/mol. The molecule has 5 N–H and O–H groups in total. The van der Waals surface area contributed by atoms with Crippen LogP contribution >= 0.6 is 0 Å². The van der Waals surface area contributed by atoms with Gasteiger partial charge in [-0.2, -0.15) is 4.31 Å². The van der Waals surface area contributed by atoms with Crippen molar-refractivity contribution in [2.24, 2.45) is 11.8 Å². The normalized spacial score (nSPS) is 24.4. The number of fused-ring (bicyclic) bond motifs is 1. The number of rotatable bonds is 11. The highest BCUT2D eigenvalue weighted by molar-refractivity contribution is 7.89. The standard InChI is InChI=1S/C28H39N3O8S/c1-18(2)15-31(40(35,36)21-10-8-20(29)9-11-21)16-23(32)22(14-19-6-4-3-5-7-19)30-28(34)39-25-12-13-37-27-26(25)24(33)17-38-27/h3-11,18,22-27,32-33H,12-17,29H2,1-2H3,(H,30,34)/t22-,23+,24-,25-,26-,27-/m0/s1. The van der Waals surface area contributed by atoms with E-state index in [1.807, 2.05) is 44.2 Å². The summed E-state index contributed by atoms with van der Waals surface area (Å²) in [5, 5.41) is 24.4. The summed E-state index contributed by atoms with van der Waals surface area (Å²) in [4.78, 5) is 13.1. The molecule has 0 aromatic heterocycles. The predicted octanol–water partition coefficient (Wildman–Crippen LogP) is 1.74. The van der Waals surface area contributed by atoms with Crippen molar-refractivity contribution in [1.29, 1.82) is 0 Å². The van der Waals surface area contributed by atoms with E-state index in [-0.39, 0.29) is 36.9 Å². The zero-order valence-corrected chi connectivity index (χ0v) is 23.6. The SMILES string of the molecule is CC(C)CN(C[C@@H](O)[C@H](Cc1ccccc1)NC(=O)O[C@H]1CCO[C@H]2OC[C@H](O)[C@H]21)S(=O)(=O)c1ccc(N)cc1. The first kappa shape index (κ1) is 30.2. The number of alkyl carbamates (subject to hydrolysis) is 1. The minimum atomic E-state index is -3.96. The van der Waals surface area contributed by atoms with Crippen LogP contribution in [0.25, 0.3) is 0 Å². The zero-order chi connectivity index (χ0) is 28.9. The first-order valence-corrected chi connectivity index (χ1v) is 14.9. The minimum absolute atomic E-state index is 0.0252. The summed E-state index contributed by atoms with van der Waals surface area (Å²) in [6.07, 6.45) is -3.51. The largest absolute Gasteiger partial charge is 0.446 e. The molecule has 11 nitrogen and oxygen atoms in total. The molecule has 4 rings (SSSR count). The second-order valence-corrected chi connectivity index (χ2v) is 12.7. The van der Waals surface area contributed by atoms with Gasteiger partial charge in [0, 0.05) is 25.2 Å². The van der Waals surface area contributed by atoms with Crippen molar-refractivity contribution in [1.82, 2.24) is 9.62 Å². The number of benzene rings is 2. The number of carbonyl (C=O) groups excluding carboxylic acids is 1. The Hall–Kier alpha value is -2.74. The van der Waals surface area contributed by atoms with Crippen LogP contribution in [0.2, 0.25) is 0 Å². The molecule has 0 spiro atoms. The van der Waals surface area contributed by atoms with Crippen LogP contribution in [0.4, 0.5) is 10.5 Å². The Morgan fingerprint density at radius 2 is 1.82 bits per heavy atom. The van der Waals surface area contributed by atoms with E-state index >= 15 is 0 Å². The molecule has 0 aliphatic carbocycles. The summed E-state index contributed by atoms with van der Waals surface area (Å²) in [6.45, 7) is 4.09. The van der Waals surface area contributed by atoms with Gasteiger partial charge in [-0.15, -0.1) is 0 Å². The molecule has 0 radical (unpaired) electrons. The molecule has 40 heavy (non-hydrogen) atoms. The predicted molar refractivity (Wildman–Crippen MR) is 148 cm³/mol. The number of amides is 1. The second-order valence-electron chi connectivity index (χ2n) is 10.7. The molecule has 2 fully saturated rings. The van der Waals surface area contributed by atoms with Crippen LogP contribution in [-0.2, 0) is 30.7 Å². The fraction of sp³-hybridized carbons (Fsp3) is 0.536. The molecule has 2 heterocycles.